The number of aromatic nitrogens is 1. The third kappa shape index (κ3) is 3.31. The summed E-state index contributed by atoms with van der Waals surface area (Å²) in [7, 11) is -0.155. The number of pyridine rings is 1. The standard InChI is InChI=1S/C8H6ClF5N2O2S/c9-19(17,18)7-5(8(12,13)14)4(6(10)11)3(1-15)2-16-7/h2,6H,1,15H2. The minimum atomic E-state index is -5.36. The Morgan fingerprint density at radius 3 is 2.21 bits per heavy atom. The Balaban J connectivity index is 3.86. The third-order valence-corrected chi connectivity index (χ3v) is 3.33. The van der Waals surface area contributed by atoms with E-state index in [0.717, 1.165) is 0 Å². The Morgan fingerprint density at radius 2 is 1.89 bits per heavy atom. The summed E-state index contributed by atoms with van der Waals surface area (Å²) in [6.45, 7) is -0.654. The molecule has 0 atom stereocenters. The highest BCUT2D eigenvalue weighted by Crippen LogP contribution is 2.41. The lowest BCUT2D eigenvalue weighted by molar-refractivity contribution is -0.142. The lowest BCUT2D eigenvalue weighted by atomic mass is 10.0. The molecule has 0 aliphatic heterocycles. The van der Waals surface area contributed by atoms with Crippen LogP contribution in [-0.4, -0.2) is 13.4 Å². The van der Waals surface area contributed by atoms with Gasteiger partial charge in [-0.25, -0.2) is 22.2 Å². The average Bonchev–Trinajstić information content (AvgIpc) is 2.24. The molecule has 0 aliphatic carbocycles. The molecule has 1 heterocycles. The first kappa shape index (κ1) is 16.1. The molecule has 19 heavy (non-hydrogen) atoms. The highest BCUT2D eigenvalue weighted by atomic mass is 35.7. The van der Waals surface area contributed by atoms with E-state index >= 15 is 0 Å². The zero-order valence-electron chi connectivity index (χ0n) is 8.88. The molecule has 2 N–H and O–H groups in total. The van der Waals surface area contributed by atoms with Gasteiger partial charge in [-0.3, -0.25) is 0 Å². The molecule has 0 aromatic carbocycles. The monoisotopic (exact) mass is 324 g/mol. The number of halogens is 6. The summed E-state index contributed by atoms with van der Waals surface area (Å²) in [5, 5.41) is -1.66. The van der Waals surface area contributed by atoms with Crippen LogP contribution < -0.4 is 5.73 Å². The maximum atomic E-state index is 12.8. The lowest BCUT2D eigenvalue weighted by Gasteiger charge is -2.17. The van der Waals surface area contributed by atoms with Gasteiger partial charge in [-0.2, -0.15) is 13.2 Å². The molecule has 0 saturated heterocycles. The zero-order valence-corrected chi connectivity index (χ0v) is 10.5. The van der Waals surface area contributed by atoms with Crippen molar-refractivity contribution in [1.29, 1.82) is 0 Å². The van der Waals surface area contributed by atoms with Gasteiger partial charge in [-0.1, -0.05) is 0 Å². The largest absolute Gasteiger partial charge is 0.419 e. The van der Waals surface area contributed by atoms with E-state index in [-0.39, 0.29) is 0 Å². The third-order valence-electron chi connectivity index (χ3n) is 2.12. The van der Waals surface area contributed by atoms with Gasteiger partial charge in [0.2, 0.25) is 0 Å². The fourth-order valence-electron chi connectivity index (χ4n) is 1.42. The van der Waals surface area contributed by atoms with Gasteiger partial charge in [0.25, 0.3) is 15.5 Å². The predicted octanol–water partition coefficient (Wildman–Crippen LogP) is 2.42. The van der Waals surface area contributed by atoms with Crippen molar-refractivity contribution in [2.45, 2.75) is 24.2 Å². The molecule has 0 aliphatic rings. The topological polar surface area (TPSA) is 73.0 Å². The second kappa shape index (κ2) is 5.17. The number of rotatable bonds is 3. The molecule has 0 bridgehead atoms. The Labute approximate surface area is 108 Å². The molecule has 1 aromatic heterocycles. The van der Waals surface area contributed by atoms with Crippen LogP contribution in [0.1, 0.15) is 23.1 Å². The van der Waals surface area contributed by atoms with Crippen molar-refractivity contribution in [3.05, 3.63) is 22.9 Å². The second-order valence-electron chi connectivity index (χ2n) is 3.32. The minimum absolute atomic E-state index is 0.534. The normalized spacial score (nSPS) is 13.1. The van der Waals surface area contributed by atoms with Crippen LogP contribution in [-0.2, 0) is 21.8 Å². The molecule has 4 nitrogen and oxygen atoms in total. The number of hydrogen-bond acceptors (Lipinski definition) is 4. The van der Waals surface area contributed by atoms with Gasteiger partial charge in [0.15, 0.2) is 5.03 Å². The van der Waals surface area contributed by atoms with Gasteiger partial charge in [-0.15, -0.1) is 0 Å². The summed E-state index contributed by atoms with van der Waals surface area (Å²) >= 11 is 0. The molecule has 0 unspecified atom stereocenters. The van der Waals surface area contributed by atoms with E-state index in [1.165, 1.54) is 0 Å². The molecular formula is C8H6ClF5N2O2S. The molecule has 0 spiro atoms. The molecule has 0 amide bonds. The van der Waals surface area contributed by atoms with E-state index in [1.54, 1.807) is 0 Å². The van der Waals surface area contributed by atoms with Crippen molar-refractivity contribution in [3.63, 3.8) is 0 Å². The molecule has 11 heteroatoms. The fourth-order valence-corrected chi connectivity index (χ4v) is 2.42. The molecule has 0 saturated carbocycles. The SMILES string of the molecule is NCc1cnc(S(=O)(=O)Cl)c(C(F)(F)F)c1C(F)F. The Bertz CT molecular complexity index is 588. The fraction of sp³-hybridized carbons (Fsp3) is 0.375. The van der Waals surface area contributed by atoms with Crippen molar-refractivity contribution in [3.8, 4) is 0 Å². The molecule has 0 fully saturated rings. The minimum Gasteiger partial charge on any atom is -0.326 e. The molecule has 108 valence electrons. The Hall–Kier alpha value is -1.00. The van der Waals surface area contributed by atoms with Gasteiger partial charge in [0.05, 0.1) is 0 Å². The van der Waals surface area contributed by atoms with Crippen molar-refractivity contribution < 1.29 is 30.4 Å². The van der Waals surface area contributed by atoms with Crippen LogP contribution in [0, 0.1) is 0 Å². The maximum Gasteiger partial charge on any atom is 0.419 e. The molecule has 1 aromatic rings. The van der Waals surface area contributed by atoms with Gasteiger partial charge in [0.1, 0.15) is 5.56 Å². The van der Waals surface area contributed by atoms with E-state index in [4.69, 9.17) is 16.4 Å². The quantitative estimate of drug-likeness (QED) is 0.684. The average molecular weight is 325 g/mol. The first-order valence-electron chi connectivity index (χ1n) is 4.52. The lowest BCUT2D eigenvalue weighted by Crippen LogP contribution is -2.19. The predicted molar refractivity (Wildman–Crippen MR) is 55.1 cm³/mol. The van der Waals surface area contributed by atoms with E-state index in [0.29, 0.717) is 6.20 Å². The van der Waals surface area contributed by atoms with Crippen molar-refractivity contribution in [2.24, 2.45) is 5.73 Å². The van der Waals surface area contributed by atoms with E-state index < -0.39 is 49.9 Å². The van der Waals surface area contributed by atoms with Crippen LogP contribution in [0.15, 0.2) is 11.2 Å². The summed E-state index contributed by atoms with van der Waals surface area (Å²) in [5.41, 5.74) is 0.825. The number of alkyl halides is 5. The maximum absolute atomic E-state index is 12.8. The van der Waals surface area contributed by atoms with Crippen LogP contribution in [0.3, 0.4) is 0 Å². The van der Waals surface area contributed by atoms with Crippen LogP contribution in [0.2, 0.25) is 0 Å². The smallest absolute Gasteiger partial charge is 0.326 e. The highest BCUT2D eigenvalue weighted by Gasteiger charge is 2.43. The number of nitrogens with two attached hydrogens (primary N) is 1. The Morgan fingerprint density at radius 1 is 1.37 bits per heavy atom. The molecular weight excluding hydrogens is 319 g/mol. The van der Waals surface area contributed by atoms with Crippen molar-refractivity contribution >= 4 is 19.7 Å². The van der Waals surface area contributed by atoms with Gasteiger partial charge < -0.3 is 5.73 Å². The Kier molecular flexibility index (Phi) is 4.37. The summed E-state index contributed by atoms with van der Waals surface area (Å²) in [6.07, 6.45) is -8.40. The first-order valence-corrected chi connectivity index (χ1v) is 6.83. The molecule has 1 rings (SSSR count). The van der Waals surface area contributed by atoms with Crippen molar-refractivity contribution in [2.75, 3.05) is 0 Å². The first-order chi connectivity index (χ1) is 8.50. The van der Waals surface area contributed by atoms with E-state index in [2.05, 4.69) is 4.98 Å². The zero-order chi connectivity index (χ0) is 15.0. The number of hydrogen-bond donors (Lipinski definition) is 1. The summed E-state index contributed by atoms with van der Waals surface area (Å²) in [6, 6.07) is 0. The van der Waals surface area contributed by atoms with Gasteiger partial charge in [0, 0.05) is 29.0 Å². The van der Waals surface area contributed by atoms with E-state index in [9.17, 15) is 30.4 Å². The van der Waals surface area contributed by atoms with Gasteiger partial charge in [-0.05, 0) is 5.56 Å². The van der Waals surface area contributed by atoms with Crippen LogP contribution in [0.5, 0.6) is 0 Å². The van der Waals surface area contributed by atoms with Crippen LogP contribution in [0.25, 0.3) is 0 Å². The van der Waals surface area contributed by atoms with Crippen LogP contribution in [0.4, 0.5) is 22.0 Å². The summed E-state index contributed by atoms with van der Waals surface area (Å²) in [4.78, 5) is 2.98. The summed E-state index contributed by atoms with van der Waals surface area (Å²) < 4.78 is 85.8. The van der Waals surface area contributed by atoms with Crippen LogP contribution >= 0.6 is 10.7 Å². The summed E-state index contributed by atoms with van der Waals surface area (Å²) in [5.74, 6) is 0. The van der Waals surface area contributed by atoms with E-state index in [1.807, 2.05) is 0 Å². The second-order valence-corrected chi connectivity index (χ2v) is 5.80. The van der Waals surface area contributed by atoms with Gasteiger partial charge >= 0.3 is 6.18 Å². The molecule has 0 radical (unpaired) electrons. The highest BCUT2D eigenvalue weighted by molar-refractivity contribution is 8.13. The van der Waals surface area contributed by atoms with Crippen molar-refractivity contribution in [1.82, 2.24) is 4.98 Å². The number of nitrogens with zero attached hydrogens (tertiary/aromatic N) is 1.